The molecule has 1 rings (SSSR count). The van der Waals surface area contributed by atoms with Gasteiger partial charge in [0.15, 0.2) is 0 Å². The molecule has 0 unspecified atom stereocenters. The van der Waals surface area contributed by atoms with E-state index in [1.165, 1.54) is 114 Å². The predicted molar refractivity (Wildman–Crippen MR) is 137 cm³/mol. The van der Waals surface area contributed by atoms with Gasteiger partial charge in [-0.25, -0.2) is 0 Å². The lowest BCUT2D eigenvalue weighted by Crippen LogP contribution is -2.14. The summed E-state index contributed by atoms with van der Waals surface area (Å²) in [5.41, 5.74) is 2.56. The number of benzene rings is 1. The third-order valence-corrected chi connectivity index (χ3v) is 6.18. The van der Waals surface area contributed by atoms with Crippen molar-refractivity contribution in [1.29, 1.82) is 0 Å². The molecule has 0 bridgehead atoms. The maximum atomic E-state index is 3.80. The molecule has 0 saturated heterocycles. The van der Waals surface area contributed by atoms with Crippen molar-refractivity contribution in [2.75, 3.05) is 6.54 Å². The second-order valence-corrected chi connectivity index (χ2v) is 9.61. The van der Waals surface area contributed by atoms with E-state index in [9.17, 15) is 0 Å². The Hall–Kier alpha value is -1.08. The molecule has 0 aliphatic carbocycles. The van der Waals surface area contributed by atoms with Gasteiger partial charge in [0, 0.05) is 6.54 Å². The molecular weight excluding hydrogens is 362 g/mol. The molecule has 1 aromatic rings. The lowest BCUT2D eigenvalue weighted by molar-refractivity contribution is 0.501. The van der Waals surface area contributed by atoms with Crippen LogP contribution in [0.1, 0.15) is 128 Å². The SMILES string of the molecule is C=Cc1ccc(CNCCCCCCCCCCCCCCCCCC(C)C)cc1. The van der Waals surface area contributed by atoms with Crippen molar-refractivity contribution in [2.24, 2.45) is 5.92 Å². The molecule has 0 saturated carbocycles. The Balaban J connectivity index is 1.73. The van der Waals surface area contributed by atoms with Gasteiger partial charge in [-0.3, -0.25) is 0 Å². The van der Waals surface area contributed by atoms with Gasteiger partial charge in [0.2, 0.25) is 0 Å². The van der Waals surface area contributed by atoms with Crippen LogP contribution in [0.25, 0.3) is 6.08 Å². The van der Waals surface area contributed by atoms with Gasteiger partial charge in [0.1, 0.15) is 0 Å². The topological polar surface area (TPSA) is 12.0 Å². The minimum Gasteiger partial charge on any atom is -0.313 e. The molecule has 0 spiro atoms. The summed E-state index contributed by atoms with van der Waals surface area (Å²) in [7, 11) is 0. The van der Waals surface area contributed by atoms with Crippen LogP contribution < -0.4 is 5.32 Å². The highest BCUT2D eigenvalue weighted by atomic mass is 14.8. The molecule has 0 atom stereocenters. The lowest BCUT2D eigenvalue weighted by atomic mass is 10.0. The van der Waals surface area contributed by atoms with Crippen LogP contribution in [-0.2, 0) is 6.54 Å². The van der Waals surface area contributed by atoms with Gasteiger partial charge >= 0.3 is 0 Å². The molecule has 1 heteroatoms. The van der Waals surface area contributed by atoms with Crippen LogP contribution in [0, 0.1) is 5.92 Å². The Morgan fingerprint density at radius 2 is 1.10 bits per heavy atom. The van der Waals surface area contributed by atoms with Crippen molar-refractivity contribution in [3.8, 4) is 0 Å². The number of hydrogen-bond acceptors (Lipinski definition) is 1. The molecule has 1 N–H and O–H groups in total. The second-order valence-electron chi connectivity index (χ2n) is 9.61. The smallest absolute Gasteiger partial charge is 0.0205 e. The van der Waals surface area contributed by atoms with E-state index in [0.29, 0.717) is 0 Å². The number of hydrogen-bond donors (Lipinski definition) is 1. The lowest BCUT2D eigenvalue weighted by Gasteiger charge is -2.06. The molecule has 30 heavy (non-hydrogen) atoms. The van der Waals surface area contributed by atoms with Crippen molar-refractivity contribution in [3.05, 3.63) is 42.0 Å². The summed E-state index contributed by atoms with van der Waals surface area (Å²) < 4.78 is 0. The molecule has 1 aromatic carbocycles. The van der Waals surface area contributed by atoms with E-state index in [0.717, 1.165) is 19.0 Å². The second kappa shape index (κ2) is 19.9. The normalized spacial score (nSPS) is 11.3. The zero-order chi connectivity index (χ0) is 21.7. The summed E-state index contributed by atoms with van der Waals surface area (Å²) in [4.78, 5) is 0. The van der Waals surface area contributed by atoms with Gasteiger partial charge in [0.05, 0.1) is 0 Å². The van der Waals surface area contributed by atoms with Gasteiger partial charge in [-0.1, -0.05) is 147 Å². The van der Waals surface area contributed by atoms with Crippen LogP contribution in [0.2, 0.25) is 0 Å². The van der Waals surface area contributed by atoms with Crippen LogP contribution in [-0.4, -0.2) is 6.54 Å². The Labute approximate surface area is 189 Å². The molecule has 0 aromatic heterocycles. The highest BCUT2D eigenvalue weighted by Gasteiger charge is 1.97. The van der Waals surface area contributed by atoms with E-state index in [4.69, 9.17) is 0 Å². The Morgan fingerprint density at radius 3 is 1.53 bits per heavy atom. The number of unbranched alkanes of at least 4 members (excludes halogenated alkanes) is 14. The van der Waals surface area contributed by atoms with E-state index in [-0.39, 0.29) is 0 Å². The fraction of sp³-hybridized carbons (Fsp3) is 0.724. The van der Waals surface area contributed by atoms with Crippen molar-refractivity contribution in [1.82, 2.24) is 5.32 Å². The van der Waals surface area contributed by atoms with Gasteiger partial charge in [-0.2, -0.15) is 0 Å². The first-order valence-corrected chi connectivity index (χ1v) is 13.1. The van der Waals surface area contributed by atoms with Gasteiger partial charge in [-0.15, -0.1) is 0 Å². The molecule has 0 fully saturated rings. The van der Waals surface area contributed by atoms with Gasteiger partial charge < -0.3 is 5.32 Å². The summed E-state index contributed by atoms with van der Waals surface area (Å²) in [5.74, 6) is 0.888. The molecule has 0 heterocycles. The number of rotatable bonds is 21. The van der Waals surface area contributed by atoms with E-state index in [1.807, 2.05) is 6.08 Å². The molecule has 0 radical (unpaired) electrons. The average Bonchev–Trinajstić information content (AvgIpc) is 2.75. The summed E-state index contributed by atoms with van der Waals surface area (Å²) in [6.07, 6.45) is 24.9. The average molecular weight is 414 g/mol. The maximum Gasteiger partial charge on any atom is 0.0205 e. The quantitative estimate of drug-likeness (QED) is 0.198. The molecule has 1 nitrogen and oxygen atoms in total. The third-order valence-electron chi connectivity index (χ3n) is 6.18. The van der Waals surface area contributed by atoms with Crippen molar-refractivity contribution in [3.63, 3.8) is 0 Å². The Kier molecular flexibility index (Phi) is 17.8. The van der Waals surface area contributed by atoms with E-state index >= 15 is 0 Å². The van der Waals surface area contributed by atoms with E-state index in [1.54, 1.807) is 0 Å². The monoisotopic (exact) mass is 413 g/mol. The standard InChI is InChI=1S/C29H51N/c1-4-28-21-23-29(24-22-28)26-30-25-19-17-15-13-11-9-7-5-6-8-10-12-14-16-18-20-27(2)3/h4,21-24,27,30H,1,5-20,25-26H2,2-3H3. The van der Waals surface area contributed by atoms with Crippen LogP contribution in [0.5, 0.6) is 0 Å². The van der Waals surface area contributed by atoms with E-state index < -0.39 is 0 Å². The Morgan fingerprint density at radius 1 is 0.667 bits per heavy atom. The first-order chi connectivity index (χ1) is 14.7. The Bertz CT molecular complexity index is 488. The van der Waals surface area contributed by atoms with Crippen molar-refractivity contribution < 1.29 is 0 Å². The fourth-order valence-corrected chi connectivity index (χ4v) is 4.10. The molecule has 172 valence electrons. The zero-order valence-electron chi connectivity index (χ0n) is 20.4. The molecule has 0 aliphatic rings. The summed E-state index contributed by atoms with van der Waals surface area (Å²) in [6, 6.07) is 8.66. The largest absolute Gasteiger partial charge is 0.313 e. The molecule has 0 aliphatic heterocycles. The first kappa shape index (κ1) is 27.0. The predicted octanol–water partition coefficient (Wildman–Crippen LogP) is 9.32. The van der Waals surface area contributed by atoms with Gasteiger partial charge in [-0.05, 0) is 30.0 Å². The minimum atomic E-state index is 0.888. The minimum absolute atomic E-state index is 0.888. The third kappa shape index (κ3) is 16.7. The van der Waals surface area contributed by atoms with Crippen molar-refractivity contribution in [2.45, 2.75) is 123 Å². The highest BCUT2D eigenvalue weighted by molar-refractivity contribution is 5.47. The van der Waals surface area contributed by atoms with Gasteiger partial charge in [0.25, 0.3) is 0 Å². The van der Waals surface area contributed by atoms with E-state index in [2.05, 4.69) is 50.0 Å². The highest BCUT2D eigenvalue weighted by Crippen LogP contribution is 2.14. The van der Waals surface area contributed by atoms with Crippen LogP contribution >= 0.6 is 0 Å². The summed E-state index contributed by atoms with van der Waals surface area (Å²) in [6.45, 7) is 10.6. The van der Waals surface area contributed by atoms with Crippen LogP contribution in [0.4, 0.5) is 0 Å². The fourth-order valence-electron chi connectivity index (χ4n) is 4.10. The van der Waals surface area contributed by atoms with Crippen LogP contribution in [0.15, 0.2) is 30.8 Å². The molecular formula is C29H51N. The number of nitrogens with one attached hydrogen (secondary N) is 1. The first-order valence-electron chi connectivity index (χ1n) is 13.1. The van der Waals surface area contributed by atoms with Crippen molar-refractivity contribution >= 4 is 6.08 Å². The summed E-state index contributed by atoms with van der Waals surface area (Å²) in [5, 5.41) is 3.57. The molecule has 0 amide bonds. The van der Waals surface area contributed by atoms with Crippen LogP contribution in [0.3, 0.4) is 0 Å². The summed E-state index contributed by atoms with van der Waals surface area (Å²) >= 11 is 0. The zero-order valence-corrected chi connectivity index (χ0v) is 20.4. The maximum absolute atomic E-state index is 3.80.